The van der Waals surface area contributed by atoms with Gasteiger partial charge in [0.25, 0.3) is 8.32 Å². The largest absolute Gasteiger partial charge is 0.408 e. The molecule has 0 saturated carbocycles. The van der Waals surface area contributed by atoms with E-state index in [4.69, 9.17) is 4.43 Å². The standard InChI is InChI=1S/C22H28OSi/c1-5-20(18-17-19(3)4)24(23-6-2,21-13-9-7-10-14-21)22-15-11-8-12-16-22/h5,7-16,20H,1,3,6,17-18H2,2,4H3. The molecule has 0 heterocycles. The summed E-state index contributed by atoms with van der Waals surface area (Å²) < 4.78 is 6.63. The predicted molar refractivity (Wildman–Crippen MR) is 108 cm³/mol. The molecule has 2 heteroatoms. The van der Waals surface area contributed by atoms with Gasteiger partial charge >= 0.3 is 0 Å². The fourth-order valence-corrected chi connectivity index (χ4v) is 7.81. The number of benzene rings is 2. The molecular formula is C22H28OSi. The van der Waals surface area contributed by atoms with Gasteiger partial charge in [-0.15, -0.1) is 13.2 Å². The lowest BCUT2D eigenvalue weighted by Crippen LogP contribution is -2.63. The maximum atomic E-state index is 6.63. The lowest BCUT2D eigenvalue weighted by Gasteiger charge is -2.38. The van der Waals surface area contributed by atoms with E-state index in [1.54, 1.807) is 0 Å². The van der Waals surface area contributed by atoms with Crippen molar-refractivity contribution in [2.24, 2.45) is 0 Å². The van der Waals surface area contributed by atoms with E-state index in [9.17, 15) is 0 Å². The molecule has 0 aliphatic heterocycles. The zero-order chi connectivity index (χ0) is 17.4. The Hall–Kier alpha value is -1.90. The van der Waals surface area contributed by atoms with Crippen molar-refractivity contribution in [1.82, 2.24) is 0 Å². The first-order valence-electron chi connectivity index (χ1n) is 8.67. The molecule has 0 bridgehead atoms. The van der Waals surface area contributed by atoms with Gasteiger partial charge in [0.05, 0.1) is 0 Å². The van der Waals surface area contributed by atoms with E-state index in [2.05, 4.69) is 93.7 Å². The summed E-state index contributed by atoms with van der Waals surface area (Å²) in [5.41, 5.74) is 1.52. The van der Waals surface area contributed by atoms with Gasteiger partial charge in [0.2, 0.25) is 0 Å². The van der Waals surface area contributed by atoms with Crippen LogP contribution in [0, 0.1) is 0 Å². The van der Waals surface area contributed by atoms with Gasteiger partial charge in [0.1, 0.15) is 0 Å². The second-order valence-electron chi connectivity index (χ2n) is 6.24. The van der Waals surface area contributed by atoms with Gasteiger partial charge in [0.15, 0.2) is 0 Å². The molecule has 0 aliphatic carbocycles. The molecule has 0 saturated heterocycles. The van der Waals surface area contributed by atoms with E-state index in [0.29, 0.717) is 12.1 Å². The van der Waals surface area contributed by atoms with Crippen molar-refractivity contribution in [2.45, 2.75) is 32.2 Å². The molecule has 0 amide bonds. The Balaban J connectivity index is 2.61. The average molecular weight is 337 g/mol. The summed E-state index contributed by atoms with van der Waals surface area (Å²) in [5, 5.41) is 2.62. The van der Waals surface area contributed by atoms with Gasteiger partial charge in [0, 0.05) is 12.1 Å². The van der Waals surface area contributed by atoms with Gasteiger partial charge in [-0.2, -0.15) is 0 Å². The summed E-state index contributed by atoms with van der Waals surface area (Å²) in [5.74, 6) is 0. The monoisotopic (exact) mass is 336 g/mol. The SMILES string of the molecule is C=CC(CCC(=C)C)[Si](OCC)(c1ccccc1)c1ccccc1. The molecule has 126 valence electrons. The maximum absolute atomic E-state index is 6.63. The van der Waals surface area contributed by atoms with Crippen LogP contribution >= 0.6 is 0 Å². The Morgan fingerprint density at radius 1 is 1.04 bits per heavy atom. The van der Waals surface area contributed by atoms with Crippen molar-refractivity contribution >= 4 is 18.7 Å². The lowest BCUT2D eigenvalue weighted by atomic mass is 10.1. The Morgan fingerprint density at radius 2 is 1.54 bits per heavy atom. The van der Waals surface area contributed by atoms with Crippen LogP contribution in [0.1, 0.15) is 26.7 Å². The first kappa shape index (κ1) is 18.4. The zero-order valence-corrected chi connectivity index (χ0v) is 15.9. The Labute approximate surface area is 147 Å². The molecular weight excluding hydrogens is 308 g/mol. The highest BCUT2D eigenvalue weighted by atomic mass is 28.4. The fraction of sp³-hybridized carbons (Fsp3) is 0.273. The minimum Gasteiger partial charge on any atom is -0.408 e. The van der Waals surface area contributed by atoms with E-state index >= 15 is 0 Å². The van der Waals surface area contributed by atoms with Crippen LogP contribution in [0.2, 0.25) is 5.54 Å². The Morgan fingerprint density at radius 3 is 1.92 bits per heavy atom. The van der Waals surface area contributed by atoms with Gasteiger partial charge in [-0.25, -0.2) is 0 Å². The molecule has 1 unspecified atom stereocenters. The molecule has 2 rings (SSSR count). The molecule has 0 fully saturated rings. The number of rotatable bonds is 9. The van der Waals surface area contributed by atoms with Crippen LogP contribution in [0.15, 0.2) is 85.5 Å². The lowest BCUT2D eigenvalue weighted by molar-refractivity contribution is 0.332. The average Bonchev–Trinajstić information content (AvgIpc) is 2.62. The normalized spacial score (nSPS) is 12.6. The minimum atomic E-state index is -2.40. The third-order valence-electron chi connectivity index (χ3n) is 4.47. The van der Waals surface area contributed by atoms with Crippen LogP contribution in [0.4, 0.5) is 0 Å². The molecule has 0 spiro atoms. The topological polar surface area (TPSA) is 9.23 Å². The van der Waals surface area contributed by atoms with E-state index in [-0.39, 0.29) is 0 Å². The summed E-state index contributed by atoms with van der Waals surface area (Å²) in [6.45, 7) is 13.1. The van der Waals surface area contributed by atoms with Gasteiger partial charge in [-0.05, 0) is 37.1 Å². The minimum absolute atomic E-state index is 0.305. The molecule has 1 nitrogen and oxygen atoms in total. The first-order chi connectivity index (χ1) is 11.6. The van der Waals surface area contributed by atoms with Crippen molar-refractivity contribution in [3.8, 4) is 0 Å². The van der Waals surface area contributed by atoms with Crippen molar-refractivity contribution in [3.05, 3.63) is 85.5 Å². The molecule has 0 aromatic heterocycles. The maximum Gasteiger partial charge on any atom is 0.262 e. The summed E-state index contributed by atoms with van der Waals surface area (Å²) in [4.78, 5) is 0. The summed E-state index contributed by atoms with van der Waals surface area (Å²) in [6.07, 6.45) is 4.12. The first-order valence-corrected chi connectivity index (χ1v) is 10.7. The van der Waals surface area contributed by atoms with E-state index < -0.39 is 8.32 Å². The van der Waals surface area contributed by atoms with Crippen molar-refractivity contribution in [3.63, 3.8) is 0 Å². The molecule has 2 aromatic rings. The van der Waals surface area contributed by atoms with E-state index in [0.717, 1.165) is 12.8 Å². The molecule has 2 aromatic carbocycles. The van der Waals surface area contributed by atoms with Crippen LogP contribution < -0.4 is 10.4 Å². The van der Waals surface area contributed by atoms with Crippen LogP contribution in [0.3, 0.4) is 0 Å². The Kier molecular flexibility index (Phi) is 6.77. The second-order valence-corrected chi connectivity index (χ2v) is 9.89. The molecule has 1 atom stereocenters. The van der Waals surface area contributed by atoms with Crippen molar-refractivity contribution in [2.75, 3.05) is 6.61 Å². The molecule has 0 N–H and O–H groups in total. The Bertz CT molecular complexity index is 609. The van der Waals surface area contributed by atoms with Gasteiger partial charge in [-0.3, -0.25) is 0 Å². The fourth-order valence-electron chi connectivity index (χ4n) is 3.36. The van der Waals surface area contributed by atoms with Gasteiger partial charge < -0.3 is 4.43 Å². The number of hydrogen-bond donors (Lipinski definition) is 0. The molecule has 0 aliphatic rings. The summed E-state index contributed by atoms with van der Waals surface area (Å²) in [7, 11) is -2.40. The smallest absolute Gasteiger partial charge is 0.262 e. The highest BCUT2D eigenvalue weighted by Crippen LogP contribution is 2.30. The predicted octanol–water partition coefficient (Wildman–Crippen LogP) is 4.70. The third kappa shape index (κ3) is 3.95. The van der Waals surface area contributed by atoms with Crippen molar-refractivity contribution in [1.29, 1.82) is 0 Å². The van der Waals surface area contributed by atoms with Crippen LogP contribution in [0.5, 0.6) is 0 Å². The quantitative estimate of drug-likeness (QED) is 0.476. The number of hydrogen-bond acceptors (Lipinski definition) is 1. The summed E-state index contributed by atoms with van der Waals surface area (Å²) >= 11 is 0. The van der Waals surface area contributed by atoms with Crippen LogP contribution in [-0.4, -0.2) is 14.9 Å². The highest BCUT2D eigenvalue weighted by Gasteiger charge is 2.45. The van der Waals surface area contributed by atoms with Crippen LogP contribution in [0.25, 0.3) is 0 Å². The molecule has 0 radical (unpaired) electrons. The van der Waals surface area contributed by atoms with Crippen LogP contribution in [-0.2, 0) is 4.43 Å². The zero-order valence-electron chi connectivity index (χ0n) is 14.9. The second kappa shape index (κ2) is 8.81. The highest BCUT2D eigenvalue weighted by molar-refractivity contribution is 6.98. The third-order valence-corrected chi connectivity index (χ3v) is 9.16. The number of allylic oxidation sites excluding steroid dienone is 2. The van der Waals surface area contributed by atoms with Crippen molar-refractivity contribution < 1.29 is 4.43 Å². The summed E-state index contributed by atoms with van der Waals surface area (Å²) in [6, 6.07) is 21.4. The molecule has 24 heavy (non-hydrogen) atoms. The van der Waals surface area contributed by atoms with E-state index in [1.807, 2.05) is 0 Å². The van der Waals surface area contributed by atoms with Gasteiger partial charge in [-0.1, -0.05) is 72.3 Å². The van der Waals surface area contributed by atoms with E-state index in [1.165, 1.54) is 15.9 Å².